The van der Waals surface area contributed by atoms with Crippen molar-refractivity contribution in [2.75, 3.05) is 25.2 Å². The van der Waals surface area contributed by atoms with E-state index in [1.165, 1.54) is 6.07 Å². The van der Waals surface area contributed by atoms with Gasteiger partial charge in [-0.1, -0.05) is 6.07 Å². The van der Waals surface area contributed by atoms with Crippen LogP contribution in [-0.4, -0.2) is 34.8 Å². The smallest absolute Gasteiger partial charge is 0.251 e. The van der Waals surface area contributed by atoms with Gasteiger partial charge >= 0.3 is 0 Å². The normalized spacial score (nSPS) is 12.2. The molecular weight excluding hydrogens is 356 g/mol. The van der Waals surface area contributed by atoms with Crippen LogP contribution < -0.4 is 19.5 Å². The van der Waals surface area contributed by atoms with Gasteiger partial charge in [0, 0.05) is 16.8 Å². The monoisotopic (exact) mass is 378 g/mol. The standard InChI is InChI=1S/C18H22N2O5S/c1-12(16-11-15(24-2)8-9-17(16)25-3)19-18(21)13-6-5-7-14(10-13)20-26(4,22)23/h5-12,20H,1-4H3,(H,19,21)/t12-/m1/s1. The number of amides is 1. The molecule has 0 aliphatic heterocycles. The van der Waals surface area contributed by atoms with Crippen LogP contribution in [0.15, 0.2) is 42.5 Å². The van der Waals surface area contributed by atoms with Crippen molar-refractivity contribution in [2.24, 2.45) is 0 Å². The summed E-state index contributed by atoms with van der Waals surface area (Å²) in [6.07, 6.45) is 1.05. The summed E-state index contributed by atoms with van der Waals surface area (Å²) in [5.41, 5.74) is 1.43. The van der Waals surface area contributed by atoms with Crippen molar-refractivity contribution in [1.82, 2.24) is 5.32 Å². The maximum atomic E-state index is 12.5. The number of carbonyl (C=O) groups excluding carboxylic acids is 1. The molecule has 0 saturated heterocycles. The van der Waals surface area contributed by atoms with E-state index in [9.17, 15) is 13.2 Å². The zero-order valence-corrected chi connectivity index (χ0v) is 15.9. The van der Waals surface area contributed by atoms with Gasteiger partial charge in [0.05, 0.1) is 26.5 Å². The summed E-state index contributed by atoms with van der Waals surface area (Å²) in [6.45, 7) is 1.83. The summed E-state index contributed by atoms with van der Waals surface area (Å²) in [4.78, 5) is 12.5. The quantitative estimate of drug-likeness (QED) is 0.772. The van der Waals surface area contributed by atoms with Gasteiger partial charge in [0.15, 0.2) is 0 Å². The Balaban J connectivity index is 2.21. The molecule has 0 aliphatic rings. The summed E-state index contributed by atoms with van der Waals surface area (Å²) in [5.74, 6) is 0.951. The van der Waals surface area contributed by atoms with Gasteiger partial charge in [0.1, 0.15) is 11.5 Å². The van der Waals surface area contributed by atoms with Crippen molar-refractivity contribution in [2.45, 2.75) is 13.0 Å². The molecular formula is C18H22N2O5S. The highest BCUT2D eigenvalue weighted by molar-refractivity contribution is 7.92. The number of sulfonamides is 1. The number of nitrogens with one attached hydrogen (secondary N) is 2. The summed E-state index contributed by atoms with van der Waals surface area (Å²) < 4.78 is 35.6. The third-order valence-electron chi connectivity index (χ3n) is 3.68. The number of hydrogen-bond donors (Lipinski definition) is 2. The minimum atomic E-state index is -3.41. The molecule has 8 heteroatoms. The van der Waals surface area contributed by atoms with Crippen molar-refractivity contribution < 1.29 is 22.7 Å². The molecule has 0 fully saturated rings. The topological polar surface area (TPSA) is 93.7 Å². The highest BCUT2D eigenvalue weighted by atomic mass is 32.2. The number of anilines is 1. The third-order valence-corrected chi connectivity index (χ3v) is 4.29. The lowest BCUT2D eigenvalue weighted by Gasteiger charge is -2.18. The molecule has 1 atom stereocenters. The second-order valence-electron chi connectivity index (χ2n) is 5.76. The van der Waals surface area contributed by atoms with Gasteiger partial charge in [-0.15, -0.1) is 0 Å². The lowest BCUT2D eigenvalue weighted by atomic mass is 10.1. The van der Waals surface area contributed by atoms with Crippen molar-refractivity contribution in [3.63, 3.8) is 0 Å². The van der Waals surface area contributed by atoms with Gasteiger partial charge in [-0.25, -0.2) is 8.42 Å². The molecule has 26 heavy (non-hydrogen) atoms. The molecule has 0 unspecified atom stereocenters. The van der Waals surface area contributed by atoms with Crippen LogP contribution in [0.1, 0.15) is 28.9 Å². The van der Waals surface area contributed by atoms with E-state index in [0.29, 0.717) is 22.7 Å². The molecule has 0 heterocycles. The molecule has 2 N–H and O–H groups in total. The lowest BCUT2D eigenvalue weighted by Crippen LogP contribution is -2.27. The van der Waals surface area contributed by atoms with Crippen LogP contribution in [0.5, 0.6) is 11.5 Å². The Bertz CT molecular complexity index is 896. The van der Waals surface area contributed by atoms with E-state index in [0.717, 1.165) is 11.8 Å². The minimum absolute atomic E-state index is 0.326. The van der Waals surface area contributed by atoms with E-state index < -0.39 is 10.0 Å². The maximum Gasteiger partial charge on any atom is 0.251 e. The van der Waals surface area contributed by atoms with Gasteiger partial charge < -0.3 is 14.8 Å². The molecule has 0 saturated carbocycles. The minimum Gasteiger partial charge on any atom is -0.497 e. The van der Waals surface area contributed by atoms with Crippen LogP contribution in [0, 0.1) is 0 Å². The highest BCUT2D eigenvalue weighted by Gasteiger charge is 2.17. The third kappa shape index (κ3) is 5.13. The molecule has 0 aromatic heterocycles. The molecule has 2 aromatic carbocycles. The van der Waals surface area contributed by atoms with Crippen LogP contribution in [0.2, 0.25) is 0 Å². The first-order chi connectivity index (χ1) is 12.2. The van der Waals surface area contributed by atoms with E-state index in [2.05, 4.69) is 10.0 Å². The first kappa shape index (κ1) is 19.6. The molecule has 2 rings (SSSR count). The fourth-order valence-electron chi connectivity index (χ4n) is 2.47. The Kier molecular flexibility index (Phi) is 6.10. The Morgan fingerprint density at radius 1 is 1.08 bits per heavy atom. The van der Waals surface area contributed by atoms with E-state index in [4.69, 9.17) is 9.47 Å². The highest BCUT2D eigenvalue weighted by Crippen LogP contribution is 2.29. The van der Waals surface area contributed by atoms with Crippen molar-refractivity contribution in [1.29, 1.82) is 0 Å². The van der Waals surface area contributed by atoms with E-state index in [1.54, 1.807) is 50.6 Å². The Morgan fingerprint density at radius 2 is 1.81 bits per heavy atom. The molecule has 0 aliphatic carbocycles. The molecule has 1 amide bonds. The van der Waals surface area contributed by atoms with E-state index in [1.807, 2.05) is 6.92 Å². The summed E-state index contributed by atoms with van der Waals surface area (Å²) in [7, 11) is -0.294. The zero-order chi connectivity index (χ0) is 19.3. The molecule has 7 nitrogen and oxygen atoms in total. The van der Waals surface area contributed by atoms with Gasteiger partial charge in [-0.05, 0) is 43.3 Å². The first-order valence-corrected chi connectivity index (χ1v) is 9.73. The van der Waals surface area contributed by atoms with Crippen LogP contribution >= 0.6 is 0 Å². The van der Waals surface area contributed by atoms with Crippen molar-refractivity contribution in [3.8, 4) is 11.5 Å². The number of hydrogen-bond acceptors (Lipinski definition) is 5. The second kappa shape index (κ2) is 8.09. The van der Waals surface area contributed by atoms with Crippen molar-refractivity contribution >= 4 is 21.6 Å². The van der Waals surface area contributed by atoms with Gasteiger partial charge in [-0.2, -0.15) is 0 Å². The molecule has 0 bridgehead atoms. The van der Waals surface area contributed by atoms with Gasteiger partial charge in [0.25, 0.3) is 5.91 Å². The largest absolute Gasteiger partial charge is 0.497 e. The Morgan fingerprint density at radius 3 is 2.42 bits per heavy atom. The lowest BCUT2D eigenvalue weighted by molar-refractivity contribution is 0.0939. The predicted molar refractivity (Wildman–Crippen MR) is 100 cm³/mol. The van der Waals surface area contributed by atoms with E-state index >= 15 is 0 Å². The average Bonchev–Trinajstić information content (AvgIpc) is 2.59. The van der Waals surface area contributed by atoms with Crippen molar-refractivity contribution in [3.05, 3.63) is 53.6 Å². The summed E-state index contributed by atoms with van der Waals surface area (Å²) >= 11 is 0. The maximum absolute atomic E-state index is 12.5. The molecule has 2 aromatic rings. The molecule has 0 radical (unpaired) electrons. The Labute approximate surface area is 153 Å². The van der Waals surface area contributed by atoms with E-state index in [-0.39, 0.29) is 11.9 Å². The number of ether oxygens (including phenoxy) is 2. The molecule has 0 spiro atoms. The van der Waals surface area contributed by atoms with Crippen LogP contribution in [0.4, 0.5) is 5.69 Å². The number of rotatable bonds is 7. The average molecular weight is 378 g/mol. The fourth-order valence-corrected chi connectivity index (χ4v) is 3.03. The first-order valence-electron chi connectivity index (χ1n) is 7.84. The fraction of sp³-hybridized carbons (Fsp3) is 0.278. The van der Waals surface area contributed by atoms with Crippen LogP contribution in [0.25, 0.3) is 0 Å². The Hall–Kier alpha value is -2.74. The molecule has 140 valence electrons. The number of methoxy groups -OCH3 is 2. The number of carbonyl (C=O) groups is 1. The SMILES string of the molecule is COc1ccc(OC)c([C@@H](C)NC(=O)c2cccc(NS(C)(=O)=O)c2)c1. The summed E-state index contributed by atoms with van der Waals surface area (Å²) in [5, 5.41) is 2.88. The predicted octanol–water partition coefficient (Wildman–Crippen LogP) is 2.57. The zero-order valence-electron chi connectivity index (χ0n) is 15.1. The summed E-state index contributed by atoms with van der Waals surface area (Å²) in [6, 6.07) is 11.3. The van der Waals surface area contributed by atoms with Gasteiger partial charge in [-0.3, -0.25) is 9.52 Å². The van der Waals surface area contributed by atoms with Crippen LogP contribution in [-0.2, 0) is 10.0 Å². The second-order valence-corrected chi connectivity index (χ2v) is 7.51. The van der Waals surface area contributed by atoms with Gasteiger partial charge in [0.2, 0.25) is 10.0 Å². The number of benzene rings is 2. The van der Waals surface area contributed by atoms with Crippen LogP contribution in [0.3, 0.4) is 0 Å².